The Morgan fingerprint density at radius 2 is 1.58 bits per heavy atom. The molecule has 140 valence electrons. The summed E-state index contributed by atoms with van der Waals surface area (Å²) in [6.45, 7) is 11.3. The lowest BCUT2D eigenvalue weighted by Crippen LogP contribution is -2.11. The fraction of sp³-hybridized carbons (Fsp3) is 0.429. The summed E-state index contributed by atoms with van der Waals surface area (Å²) in [4.78, 5) is 0.607. The Morgan fingerprint density at radius 1 is 1.04 bits per heavy atom. The second-order valence-electron chi connectivity index (χ2n) is 7.93. The molecular formula is C21H26O4S. The summed E-state index contributed by atoms with van der Waals surface area (Å²) < 4.78 is 37.0. The van der Waals surface area contributed by atoms with E-state index in [0.29, 0.717) is 16.4 Å². The minimum Gasteiger partial charge on any atom is -0.490 e. The van der Waals surface area contributed by atoms with Crippen LogP contribution in [0.2, 0.25) is 0 Å². The average Bonchev–Trinajstić information content (AvgIpc) is 3.37. The quantitative estimate of drug-likeness (QED) is 0.736. The Hall–Kier alpha value is -1.85. The van der Waals surface area contributed by atoms with E-state index >= 15 is 0 Å². The number of rotatable bonds is 5. The van der Waals surface area contributed by atoms with Crippen molar-refractivity contribution in [2.24, 2.45) is 0 Å². The highest BCUT2D eigenvalue weighted by atomic mass is 32.2. The minimum absolute atomic E-state index is 0.0142. The number of epoxide rings is 1. The topological polar surface area (TPSA) is 55.9 Å². The van der Waals surface area contributed by atoms with Crippen LogP contribution in [0.4, 0.5) is 0 Å². The maximum Gasteiger partial charge on any atom is 0.206 e. The molecule has 2 aromatic carbocycles. The third-order valence-electron chi connectivity index (χ3n) is 4.59. The molecule has 4 nitrogen and oxygen atoms in total. The van der Waals surface area contributed by atoms with E-state index in [1.807, 2.05) is 26.0 Å². The molecule has 3 rings (SSSR count). The van der Waals surface area contributed by atoms with Crippen molar-refractivity contribution in [1.82, 2.24) is 0 Å². The zero-order valence-electron chi connectivity index (χ0n) is 16.0. The van der Waals surface area contributed by atoms with Crippen LogP contribution in [0, 0.1) is 13.8 Å². The SMILES string of the molecule is Cc1cc(S(=O)(=O)c2ccc(C(C)(C)C)cc2)cc(C)c1OCC1CO1. The zero-order valence-corrected chi connectivity index (χ0v) is 16.8. The standard InChI is InChI=1S/C21H26O4S/c1-14-10-19(11-15(2)20(14)25-13-17-12-24-17)26(22,23)18-8-6-16(7-9-18)21(3,4)5/h6-11,17H,12-13H2,1-5H3. The van der Waals surface area contributed by atoms with E-state index in [-0.39, 0.29) is 11.5 Å². The molecule has 1 aliphatic heterocycles. The van der Waals surface area contributed by atoms with Gasteiger partial charge in [0.1, 0.15) is 18.5 Å². The van der Waals surface area contributed by atoms with Crippen LogP contribution in [0.1, 0.15) is 37.5 Å². The molecule has 0 radical (unpaired) electrons. The summed E-state index contributed by atoms with van der Waals surface area (Å²) in [6.07, 6.45) is 0.165. The van der Waals surface area contributed by atoms with Gasteiger partial charge in [0.2, 0.25) is 9.84 Å². The normalized spacial score (nSPS) is 17.2. The zero-order chi connectivity index (χ0) is 19.1. The van der Waals surface area contributed by atoms with Gasteiger partial charge in [0, 0.05) is 0 Å². The molecule has 0 aliphatic carbocycles. The second kappa shape index (κ2) is 6.71. The molecule has 5 heteroatoms. The van der Waals surface area contributed by atoms with Crippen LogP contribution in [0.15, 0.2) is 46.2 Å². The third-order valence-corrected chi connectivity index (χ3v) is 6.34. The van der Waals surface area contributed by atoms with Gasteiger partial charge in [0.05, 0.1) is 16.4 Å². The van der Waals surface area contributed by atoms with Gasteiger partial charge < -0.3 is 9.47 Å². The third kappa shape index (κ3) is 3.94. The lowest BCUT2D eigenvalue weighted by molar-refractivity contribution is 0.260. The van der Waals surface area contributed by atoms with Crippen LogP contribution in [0.5, 0.6) is 5.75 Å². The van der Waals surface area contributed by atoms with E-state index in [4.69, 9.17) is 9.47 Å². The molecule has 0 bridgehead atoms. The predicted molar refractivity (Wildman–Crippen MR) is 102 cm³/mol. The fourth-order valence-electron chi connectivity index (χ4n) is 2.90. The van der Waals surface area contributed by atoms with Gasteiger partial charge in [0.15, 0.2) is 0 Å². The molecule has 0 aromatic heterocycles. The molecule has 0 saturated carbocycles. The lowest BCUT2D eigenvalue weighted by atomic mass is 9.87. The van der Waals surface area contributed by atoms with Crippen molar-refractivity contribution in [2.75, 3.05) is 13.2 Å². The first-order chi connectivity index (χ1) is 12.1. The number of benzene rings is 2. The van der Waals surface area contributed by atoms with E-state index in [1.165, 1.54) is 0 Å². The van der Waals surface area contributed by atoms with E-state index < -0.39 is 9.84 Å². The monoisotopic (exact) mass is 374 g/mol. The number of aryl methyl sites for hydroxylation is 2. The first-order valence-electron chi connectivity index (χ1n) is 8.80. The maximum atomic E-state index is 13.0. The molecule has 0 N–H and O–H groups in total. The molecular weight excluding hydrogens is 348 g/mol. The highest BCUT2D eigenvalue weighted by molar-refractivity contribution is 7.91. The van der Waals surface area contributed by atoms with Crippen LogP contribution in [-0.2, 0) is 20.0 Å². The Balaban J connectivity index is 1.91. The summed E-state index contributed by atoms with van der Waals surface area (Å²) in [6, 6.07) is 10.5. The first-order valence-corrected chi connectivity index (χ1v) is 10.3. The largest absolute Gasteiger partial charge is 0.490 e. The van der Waals surface area contributed by atoms with Crippen molar-refractivity contribution in [3.8, 4) is 5.75 Å². The second-order valence-corrected chi connectivity index (χ2v) is 9.88. The molecule has 1 aliphatic rings. The molecule has 0 spiro atoms. The van der Waals surface area contributed by atoms with Gasteiger partial charge in [-0.2, -0.15) is 0 Å². The number of hydrogen-bond donors (Lipinski definition) is 0. The highest BCUT2D eigenvalue weighted by Crippen LogP contribution is 2.31. The van der Waals surface area contributed by atoms with Crippen LogP contribution in [0.3, 0.4) is 0 Å². The molecule has 1 fully saturated rings. The summed E-state index contributed by atoms with van der Waals surface area (Å²) in [5, 5.41) is 0. The lowest BCUT2D eigenvalue weighted by Gasteiger charge is -2.19. The smallest absolute Gasteiger partial charge is 0.206 e. The first kappa shape index (κ1) is 18.9. The Labute approximate surface area is 156 Å². The average molecular weight is 375 g/mol. The van der Waals surface area contributed by atoms with Crippen LogP contribution < -0.4 is 4.74 Å². The molecule has 1 atom stereocenters. The maximum absolute atomic E-state index is 13.0. The summed E-state index contributed by atoms with van der Waals surface area (Å²) in [5.41, 5.74) is 2.72. The van der Waals surface area contributed by atoms with Gasteiger partial charge in [-0.1, -0.05) is 32.9 Å². The summed E-state index contributed by atoms with van der Waals surface area (Å²) in [7, 11) is -3.56. The van der Waals surface area contributed by atoms with E-state index in [2.05, 4.69) is 20.8 Å². The Bertz CT molecular complexity index is 879. The van der Waals surface area contributed by atoms with Gasteiger partial charge in [-0.15, -0.1) is 0 Å². The van der Waals surface area contributed by atoms with E-state index in [9.17, 15) is 8.42 Å². The number of sulfone groups is 1. The van der Waals surface area contributed by atoms with Gasteiger partial charge in [-0.25, -0.2) is 8.42 Å². The summed E-state index contributed by atoms with van der Waals surface area (Å²) >= 11 is 0. The predicted octanol–water partition coefficient (Wildman–Crippen LogP) is 4.21. The number of ether oxygens (including phenoxy) is 2. The van der Waals surface area contributed by atoms with E-state index in [0.717, 1.165) is 29.0 Å². The fourth-order valence-corrected chi connectivity index (χ4v) is 4.33. The Kier molecular flexibility index (Phi) is 4.88. The molecule has 1 saturated heterocycles. The minimum atomic E-state index is -3.56. The van der Waals surface area contributed by atoms with Gasteiger partial charge in [0.25, 0.3) is 0 Å². The van der Waals surface area contributed by atoms with Crippen molar-refractivity contribution >= 4 is 9.84 Å². The van der Waals surface area contributed by atoms with Gasteiger partial charge >= 0.3 is 0 Å². The molecule has 2 aromatic rings. The van der Waals surface area contributed by atoms with Gasteiger partial charge in [-0.05, 0) is 60.2 Å². The van der Waals surface area contributed by atoms with Crippen molar-refractivity contribution in [1.29, 1.82) is 0 Å². The van der Waals surface area contributed by atoms with Crippen molar-refractivity contribution < 1.29 is 17.9 Å². The molecule has 26 heavy (non-hydrogen) atoms. The number of hydrogen-bond acceptors (Lipinski definition) is 4. The van der Waals surface area contributed by atoms with Gasteiger partial charge in [-0.3, -0.25) is 0 Å². The van der Waals surface area contributed by atoms with Crippen LogP contribution >= 0.6 is 0 Å². The van der Waals surface area contributed by atoms with Crippen molar-refractivity contribution in [3.05, 3.63) is 53.1 Å². The molecule has 1 heterocycles. The highest BCUT2D eigenvalue weighted by Gasteiger charge is 2.25. The van der Waals surface area contributed by atoms with Crippen molar-refractivity contribution in [3.63, 3.8) is 0 Å². The Morgan fingerprint density at radius 3 is 2.04 bits per heavy atom. The molecule has 0 amide bonds. The van der Waals surface area contributed by atoms with Crippen LogP contribution in [0.25, 0.3) is 0 Å². The van der Waals surface area contributed by atoms with Crippen molar-refractivity contribution in [2.45, 2.75) is 55.9 Å². The van der Waals surface area contributed by atoms with Crippen LogP contribution in [-0.4, -0.2) is 27.7 Å². The summed E-state index contributed by atoms with van der Waals surface area (Å²) in [5.74, 6) is 0.738. The van der Waals surface area contributed by atoms with E-state index in [1.54, 1.807) is 24.3 Å². The molecule has 1 unspecified atom stereocenters.